The highest BCUT2D eigenvalue weighted by molar-refractivity contribution is 5.39. The Labute approximate surface area is 121 Å². The highest BCUT2D eigenvalue weighted by atomic mass is 16.5. The molecule has 1 aromatic carbocycles. The fraction of sp³-hybridized carbons (Fsp3) is 0.412. The van der Waals surface area contributed by atoms with Crippen molar-refractivity contribution < 1.29 is 9.15 Å². The molecule has 0 aliphatic heterocycles. The Hall–Kier alpha value is -1.74. The van der Waals surface area contributed by atoms with Gasteiger partial charge in [-0.05, 0) is 44.5 Å². The van der Waals surface area contributed by atoms with E-state index in [1.165, 1.54) is 11.1 Å². The van der Waals surface area contributed by atoms with Crippen LogP contribution in [0.4, 0.5) is 0 Å². The van der Waals surface area contributed by atoms with E-state index < -0.39 is 0 Å². The van der Waals surface area contributed by atoms with Crippen LogP contribution in [-0.2, 0) is 6.42 Å². The maximum Gasteiger partial charge on any atom is 0.123 e. The summed E-state index contributed by atoms with van der Waals surface area (Å²) in [5, 5.41) is 3.59. The first-order valence-corrected chi connectivity index (χ1v) is 7.03. The highest BCUT2D eigenvalue weighted by Gasteiger charge is 2.14. The molecule has 0 aliphatic carbocycles. The lowest BCUT2D eigenvalue weighted by Crippen LogP contribution is -2.30. The average molecular weight is 273 g/mol. The van der Waals surface area contributed by atoms with Gasteiger partial charge in [0.15, 0.2) is 0 Å². The number of hydrogen-bond donors (Lipinski definition) is 1. The minimum atomic E-state index is 0.232. The van der Waals surface area contributed by atoms with Gasteiger partial charge in [-0.2, -0.15) is 0 Å². The summed E-state index contributed by atoms with van der Waals surface area (Å²) in [6.07, 6.45) is 2.60. The molecule has 1 N–H and O–H groups in total. The molecule has 0 amide bonds. The summed E-state index contributed by atoms with van der Waals surface area (Å²) in [6.45, 7) is 6.40. The highest BCUT2D eigenvalue weighted by Crippen LogP contribution is 2.26. The van der Waals surface area contributed by atoms with E-state index in [4.69, 9.17) is 9.15 Å². The van der Waals surface area contributed by atoms with Crippen molar-refractivity contribution in [3.63, 3.8) is 0 Å². The van der Waals surface area contributed by atoms with Crippen molar-refractivity contribution in [2.24, 2.45) is 0 Å². The van der Waals surface area contributed by atoms with E-state index in [-0.39, 0.29) is 6.04 Å². The molecular formula is C17H23NO2. The molecule has 1 aromatic heterocycles. The van der Waals surface area contributed by atoms with Gasteiger partial charge in [0.1, 0.15) is 11.5 Å². The first-order chi connectivity index (χ1) is 9.60. The molecule has 2 aromatic rings. The van der Waals surface area contributed by atoms with Gasteiger partial charge in [0.25, 0.3) is 0 Å². The molecule has 0 saturated heterocycles. The third kappa shape index (κ3) is 3.64. The molecule has 2 atom stereocenters. The van der Waals surface area contributed by atoms with Crippen LogP contribution in [0.5, 0.6) is 5.75 Å². The van der Waals surface area contributed by atoms with Gasteiger partial charge in [0.05, 0.1) is 13.4 Å². The van der Waals surface area contributed by atoms with Crippen LogP contribution in [-0.4, -0.2) is 13.2 Å². The Kier molecular flexibility index (Phi) is 4.85. The second-order valence-corrected chi connectivity index (χ2v) is 5.32. The summed E-state index contributed by atoms with van der Waals surface area (Å²) in [4.78, 5) is 0. The third-order valence-electron chi connectivity index (χ3n) is 3.48. The van der Waals surface area contributed by atoms with Crippen molar-refractivity contribution >= 4 is 0 Å². The van der Waals surface area contributed by atoms with Gasteiger partial charge in [-0.25, -0.2) is 0 Å². The molecule has 0 aliphatic rings. The van der Waals surface area contributed by atoms with Crippen molar-refractivity contribution in [2.75, 3.05) is 7.11 Å². The lowest BCUT2D eigenvalue weighted by molar-refractivity contribution is 0.389. The molecule has 2 rings (SSSR count). The standard InChI is InChI=1S/C17H23NO2/c1-12-7-8-16(17(10-12)19-4)14(3)18-13(2)11-15-6-5-9-20-15/h5-10,13-14,18H,11H2,1-4H3. The van der Waals surface area contributed by atoms with Crippen LogP contribution in [0.2, 0.25) is 0 Å². The number of hydrogen-bond acceptors (Lipinski definition) is 3. The summed E-state index contributed by atoms with van der Waals surface area (Å²) in [5.41, 5.74) is 2.39. The van der Waals surface area contributed by atoms with Crippen molar-refractivity contribution in [3.8, 4) is 5.75 Å². The lowest BCUT2D eigenvalue weighted by Gasteiger charge is -2.21. The topological polar surface area (TPSA) is 34.4 Å². The van der Waals surface area contributed by atoms with Crippen molar-refractivity contribution in [1.82, 2.24) is 5.32 Å². The Bertz CT molecular complexity index is 534. The minimum Gasteiger partial charge on any atom is -0.496 e. The minimum absolute atomic E-state index is 0.232. The molecule has 20 heavy (non-hydrogen) atoms. The zero-order chi connectivity index (χ0) is 14.5. The van der Waals surface area contributed by atoms with Gasteiger partial charge >= 0.3 is 0 Å². The maximum absolute atomic E-state index is 5.48. The predicted molar refractivity (Wildman–Crippen MR) is 81.2 cm³/mol. The van der Waals surface area contributed by atoms with Gasteiger partial charge in [-0.15, -0.1) is 0 Å². The molecule has 0 fully saturated rings. The summed E-state index contributed by atoms with van der Waals surface area (Å²) < 4.78 is 10.9. The summed E-state index contributed by atoms with van der Waals surface area (Å²) >= 11 is 0. The number of rotatable bonds is 6. The molecule has 0 bridgehead atoms. The first-order valence-electron chi connectivity index (χ1n) is 7.03. The van der Waals surface area contributed by atoms with Crippen LogP contribution in [0.25, 0.3) is 0 Å². The van der Waals surface area contributed by atoms with Crippen molar-refractivity contribution in [3.05, 3.63) is 53.5 Å². The van der Waals surface area contributed by atoms with E-state index in [0.717, 1.165) is 17.9 Å². The Morgan fingerprint density at radius 2 is 2.05 bits per heavy atom. The molecule has 3 heteroatoms. The van der Waals surface area contributed by atoms with Crippen molar-refractivity contribution in [2.45, 2.75) is 39.3 Å². The van der Waals surface area contributed by atoms with E-state index in [1.54, 1.807) is 13.4 Å². The predicted octanol–water partition coefficient (Wildman–Crippen LogP) is 3.88. The van der Waals surface area contributed by atoms with Crippen LogP contribution in [0.3, 0.4) is 0 Å². The normalized spacial score (nSPS) is 14.0. The largest absolute Gasteiger partial charge is 0.496 e. The van der Waals surface area contributed by atoms with Crippen LogP contribution in [0, 0.1) is 6.92 Å². The van der Waals surface area contributed by atoms with Crippen molar-refractivity contribution in [1.29, 1.82) is 0 Å². The fourth-order valence-corrected chi connectivity index (χ4v) is 2.48. The van der Waals surface area contributed by atoms with Crippen LogP contribution in [0.1, 0.15) is 36.8 Å². The van der Waals surface area contributed by atoms with Gasteiger partial charge in [0, 0.05) is 24.1 Å². The molecule has 108 valence electrons. The van der Waals surface area contributed by atoms with Crippen LogP contribution >= 0.6 is 0 Å². The monoisotopic (exact) mass is 273 g/mol. The molecule has 3 nitrogen and oxygen atoms in total. The van der Waals surface area contributed by atoms with Crippen LogP contribution in [0.15, 0.2) is 41.0 Å². The molecular weight excluding hydrogens is 250 g/mol. The Morgan fingerprint density at radius 1 is 1.25 bits per heavy atom. The number of aryl methyl sites for hydroxylation is 1. The van der Waals surface area contributed by atoms with E-state index in [2.05, 4.69) is 44.3 Å². The quantitative estimate of drug-likeness (QED) is 0.867. The lowest BCUT2D eigenvalue weighted by atomic mass is 10.0. The smallest absolute Gasteiger partial charge is 0.123 e. The zero-order valence-electron chi connectivity index (χ0n) is 12.6. The molecule has 0 radical (unpaired) electrons. The van der Waals surface area contributed by atoms with E-state index in [0.29, 0.717) is 6.04 Å². The summed E-state index contributed by atoms with van der Waals surface area (Å²) in [5.74, 6) is 1.95. The van der Waals surface area contributed by atoms with E-state index in [1.807, 2.05) is 12.1 Å². The summed E-state index contributed by atoms with van der Waals surface area (Å²) in [6, 6.07) is 10.8. The molecule has 0 saturated carbocycles. The molecule has 0 spiro atoms. The number of methoxy groups -OCH3 is 1. The van der Waals surface area contributed by atoms with Crippen LogP contribution < -0.4 is 10.1 Å². The Balaban J connectivity index is 2.02. The maximum atomic E-state index is 5.48. The van der Waals surface area contributed by atoms with E-state index >= 15 is 0 Å². The molecule has 1 heterocycles. The SMILES string of the molecule is COc1cc(C)ccc1C(C)NC(C)Cc1ccco1. The van der Waals surface area contributed by atoms with Gasteiger partial charge in [-0.3, -0.25) is 0 Å². The average Bonchev–Trinajstić information content (AvgIpc) is 2.90. The zero-order valence-corrected chi connectivity index (χ0v) is 12.6. The number of nitrogens with one attached hydrogen (secondary N) is 1. The Morgan fingerprint density at radius 3 is 2.70 bits per heavy atom. The fourth-order valence-electron chi connectivity index (χ4n) is 2.48. The van der Waals surface area contributed by atoms with Gasteiger partial charge in [0.2, 0.25) is 0 Å². The number of benzene rings is 1. The van der Waals surface area contributed by atoms with E-state index in [9.17, 15) is 0 Å². The third-order valence-corrected chi connectivity index (χ3v) is 3.48. The summed E-state index contributed by atoms with van der Waals surface area (Å²) in [7, 11) is 1.72. The van der Waals surface area contributed by atoms with Gasteiger partial charge in [-0.1, -0.05) is 12.1 Å². The first kappa shape index (κ1) is 14.7. The second kappa shape index (κ2) is 6.62. The number of furan rings is 1. The molecule has 2 unspecified atom stereocenters. The van der Waals surface area contributed by atoms with Gasteiger partial charge < -0.3 is 14.5 Å². The number of ether oxygens (including phenoxy) is 1. The second-order valence-electron chi connectivity index (χ2n) is 5.32.